The van der Waals surface area contributed by atoms with Gasteiger partial charge in [-0.05, 0) is 39.7 Å². The van der Waals surface area contributed by atoms with Crippen LogP contribution < -0.4 is 0 Å². The van der Waals surface area contributed by atoms with Crippen LogP contribution in [0.15, 0.2) is 83.3 Å². The minimum Gasteiger partial charge on any atom is -0.207 e. The highest BCUT2D eigenvalue weighted by Crippen LogP contribution is 2.32. The average molecular weight is 281 g/mol. The summed E-state index contributed by atoms with van der Waals surface area (Å²) in [6, 6.07) is 27.5. The summed E-state index contributed by atoms with van der Waals surface area (Å²) in [5.41, 5.74) is 1.86. The van der Waals surface area contributed by atoms with Crippen molar-refractivity contribution < 1.29 is 4.42 Å². The van der Waals surface area contributed by atoms with Crippen LogP contribution in [0.4, 0.5) is 0 Å². The van der Waals surface area contributed by atoms with E-state index in [1.807, 2.05) is 0 Å². The molecule has 102 valence electrons. The van der Waals surface area contributed by atoms with Crippen LogP contribution in [-0.2, 0) is 0 Å². The zero-order valence-corrected chi connectivity index (χ0v) is 11.9. The largest absolute Gasteiger partial charge is 0.361 e. The van der Waals surface area contributed by atoms with Crippen LogP contribution in [0.25, 0.3) is 43.5 Å². The predicted octanol–water partition coefficient (Wildman–Crippen LogP) is 6.17. The molecule has 0 amide bonds. The monoisotopic (exact) mass is 281 g/mol. The smallest absolute Gasteiger partial charge is 0.207 e. The molecule has 0 aliphatic heterocycles. The first-order chi connectivity index (χ1) is 10.9. The van der Waals surface area contributed by atoms with Crippen molar-refractivity contribution in [1.82, 2.24) is 0 Å². The maximum absolute atomic E-state index is 6.16. The standard InChI is InChI=1S/C21H13O/c1-3-7-16-14(5-1)9-11-20-18(16)13-19-17-8-4-2-6-15(17)10-12-21(19)22-20/h1-13H/q+1. The highest BCUT2D eigenvalue weighted by molar-refractivity contribution is 6.13. The van der Waals surface area contributed by atoms with Gasteiger partial charge in [-0.2, -0.15) is 0 Å². The molecule has 1 heteroatoms. The molecular weight excluding hydrogens is 268 g/mol. The van der Waals surface area contributed by atoms with E-state index in [4.69, 9.17) is 4.42 Å². The number of benzene rings is 4. The molecule has 1 nitrogen and oxygen atoms in total. The molecule has 0 N–H and O–H groups in total. The molecule has 0 aliphatic carbocycles. The third-order valence-electron chi connectivity index (χ3n) is 4.37. The lowest BCUT2D eigenvalue weighted by atomic mass is 10.0. The first kappa shape index (κ1) is 11.7. The highest BCUT2D eigenvalue weighted by Gasteiger charge is 2.15. The van der Waals surface area contributed by atoms with Crippen LogP contribution in [-0.4, -0.2) is 0 Å². The van der Waals surface area contributed by atoms with Crippen molar-refractivity contribution in [3.8, 4) is 0 Å². The minimum atomic E-state index is 0.932. The summed E-state index contributed by atoms with van der Waals surface area (Å²) in [7, 11) is 0. The van der Waals surface area contributed by atoms with E-state index in [9.17, 15) is 0 Å². The van der Waals surface area contributed by atoms with E-state index >= 15 is 0 Å². The highest BCUT2D eigenvalue weighted by atomic mass is 16.3. The van der Waals surface area contributed by atoms with E-state index in [1.165, 1.54) is 32.3 Å². The lowest BCUT2D eigenvalue weighted by Gasteiger charge is -2.01. The summed E-state index contributed by atoms with van der Waals surface area (Å²) in [5, 5.41) is 7.29. The number of fused-ring (bicyclic) bond motifs is 6. The molecule has 0 spiro atoms. The van der Waals surface area contributed by atoms with E-state index in [1.54, 1.807) is 0 Å². The summed E-state index contributed by atoms with van der Waals surface area (Å²) in [5.74, 6) is 0. The number of rotatable bonds is 0. The molecule has 0 aliphatic rings. The van der Waals surface area contributed by atoms with Gasteiger partial charge >= 0.3 is 11.2 Å². The summed E-state index contributed by atoms with van der Waals surface area (Å²) >= 11 is 0. The Kier molecular flexibility index (Phi) is 2.28. The second-order valence-corrected chi connectivity index (χ2v) is 5.64. The van der Waals surface area contributed by atoms with Gasteiger partial charge in [0.05, 0.1) is 10.8 Å². The Morgan fingerprint density at radius 3 is 1.50 bits per heavy atom. The molecule has 5 rings (SSSR count). The molecule has 0 atom stereocenters. The van der Waals surface area contributed by atoms with Gasteiger partial charge in [-0.25, -0.2) is 4.42 Å². The van der Waals surface area contributed by atoms with Crippen LogP contribution in [0.5, 0.6) is 0 Å². The Balaban J connectivity index is 2.05. The van der Waals surface area contributed by atoms with E-state index in [-0.39, 0.29) is 0 Å². The first-order valence-corrected chi connectivity index (χ1v) is 7.46. The second-order valence-electron chi connectivity index (χ2n) is 5.64. The maximum atomic E-state index is 6.16. The molecule has 0 bridgehead atoms. The molecule has 0 radical (unpaired) electrons. The molecule has 1 heterocycles. The summed E-state index contributed by atoms with van der Waals surface area (Å²) in [4.78, 5) is 0. The van der Waals surface area contributed by atoms with Gasteiger partial charge in [-0.3, -0.25) is 0 Å². The van der Waals surface area contributed by atoms with Gasteiger partial charge in [0.15, 0.2) is 0 Å². The van der Waals surface area contributed by atoms with Gasteiger partial charge < -0.3 is 0 Å². The summed E-state index contributed by atoms with van der Waals surface area (Å²) < 4.78 is 6.16. The average Bonchev–Trinajstić information content (AvgIpc) is 2.60. The summed E-state index contributed by atoms with van der Waals surface area (Å²) in [6.45, 7) is 0. The SMILES string of the molecule is c1ccc2c(c1)ccc1[o+]c3ccc4ccccc4c3cc12. The van der Waals surface area contributed by atoms with E-state index < -0.39 is 0 Å². The molecule has 1 aromatic heterocycles. The Bertz CT molecular complexity index is 1080. The van der Waals surface area contributed by atoms with Crippen molar-refractivity contribution in [3.63, 3.8) is 0 Å². The van der Waals surface area contributed by atoms with Crippen LogP contribution in [0, 0.1) is 0 Å². The molecule has 0 unspecified atom stereocenters. The number of hydrogen-bond donors (Lipinski definition) is 0. The van der Waals surface area contributed by atoms with Gasteiger partial charge in [0, 0.05) is 12.1 Å². The van der Waals surface area contributed by atoms with Crippen LogP contribution in [0.3, 0.4) is 0 Å². The zero-order chi connectivity index (χ0) is 14.5. The van der Waals surface area contributed by atoms with Gasteiger partial charge in [0.1, 0.15) is 0 Å². The third kappa shape index (κ3) is 1.57. The fourth-order valence-corrected chi connectivity index (χ4v) is 3.29. The number of hydrogen-bond acceptors (Lipinski definition) is 0. The first-order valence-electron chi connectivity index (χ1n) is 7.46. The lowest BCUT2D eigenvalue weighted by molar-refractivity contribution is 0.662. The Morgan fingerprint density at radius 1 is 0.455 bits per heavy atom. The van der Waals surface area contributed by atoms with Crippen molar-refractivity contribution in [2.75, 3.05) is 0 Å². The van der Waals surface area contributed by atoms with E-state index in [0.29, 0.717) is 0 Å². The quantitative estimate of drug-likeness (QED) is 0.187. The normalized spacial score (nSPS) is 11.6. The molecule has 0 saturated carbocycles. The minimum absolute atomic E-state index is 0.932. The van der Waals surface area contributed by atoms with Crippen molar-refractivity contribution in [1.29, 1.82) is 0 Å². The van der Waals surface area contributed by atoms with E-state index in [2.05, 4.69) is 78.9 Å². The second kappa shape index (κ2) is 4.28. The molecular formula is C21H13O+. The van der Waals surface area contributed by atoms with Crippen molar-refractivity contribution >= 4 is 43.5 Å². The molecule has 5 aromatic rings. The van der Waals surface area contributed by atoms with Crippen molar-refractivity contribution in [2.45, 2.75) is 0 Å². The Labute approximate surface area is 127 Å². The summed E-state index contributed by atoms with van der Waals surface area (Å²) in [6.07, 6.45) is 0. The van der Waals surface area contributed by atoms with E-state index in [0.717, 1.165) is 11.2 Å². The predicted molar refractivity (Wildman–Crippen MR) is 93.1 cm³/mol. The van der Waals surface area contributed by atoms with Crippen LogP contribution in [0.2, 0.25) is 0 Å². The van der Waals surface area contributed by atoms with Gasteiger partial charge in [0.2, 0.25) is 0 Å². The van der Waals surface area contributed by atoms with Crippen molar-refractivity contribution in [3.05, 3.63) is 78.9 Å². The topological polar surface area (TPSA) is 11.3 Å². The van der Waals surface area contributed by atoms with Crippen molar-refractivity contribution in [2.24, 2.45) is 0 Å². The van der Waals surface area contributed by atoms with Gasteiger partial charge in [-0.1, -0.05) is 48.5 Å². The molecule has 4 aromatic carbocycles. The van der Waals surface area contributed by atoms with Crippen LogP contribution >= 0.6 is 0 Å². The molecule has 0 saturated heterocycles. The fourth-order valence-electron chi connectivity index (χ4n) is 3.29. The molecule has 22 heavy (non-hydrogen) atoms. The Morgan fingerprint density at radius 2 is 0.955 bits per heavy atom. The van der Waals surface area contributed by atoms with Crippen LogP contribution in [0.1, 0.15) is 0 Å². The van der Waals surface area contributed by atoms with Gasteiger partial charge in [0.25, 0.3) is 0 Å². The Hall–Kier alpha value is -2.93. The fraction of sp³-hybridized carbons (Fsp3) is 0. The zero-order valence-electron chi connectivity index (χ0n) is 11.9. The van der Waals surface area contributed by atoms with Gasteiger partial charge in [-0.15, -0.1) is 0 Å². The maximum Gasteiger partial charge on any atom is 0.361 e. The molecule has 0 fully saturated rings. The lowest BCUT2D eigenvalue weighted by Crippen LogP contribution is -1.81. The third-order valence-corrected chi connectivity index (χ3v) is 4.37.